The van der Waals surface area contributed by atoms with Gasteiger partial charge in [0.05, 0.1) is 19.9 Å². The maximum Gasteiger partial charge on any atom is 0.335 e. The van der Waals surface area contributed by atoms with Crippen molar-refractivity contribution in [3.63, 3.8) is 0 Å². The van der Waals surface area contributed by atoms with Crippen molar-refractivity contribution in [2.75, 3.05) is 19.1 Å². The maximum atomic E-state index is 13.2. The molecule has 5 rings (SSSR count). The Kier molecular flexibility index (Phi) is 6.78. The van der Waals surface area contributed by atoms with Gasteiger partial charge in [-0.2, -0.15) is 0 Å². The lowest BCUT2D eigenvalue weighted by Gasteiger charge is -2.26. The molecule has 1 fully saturated rings. The Morgan fingerprint density at radius 1 is 0.789 bits per heavy atom. The average Bonchev–Trinajstić information content (AvgIpc) is 2.94. The second-order valence-electron chi connectivity index (χ2n) is 8.54. The van der Waals surface area contributed by atoms with Crippen molar-refractivity contribution in [2.45, 2.75) is 6.61 Å². The predicted octanol–water partition coefficient (Wildman–Crippen LogP) is 5.10. The molecule has 1 aliphatic rings. The number of barbiturate groups is 1. The molecule has 190 valence electrons. The van der Waals surface area contributed by atoms with Crippen LogP contribution in [0, 0.1) is 0 Å². The van der Waals surface area contributed by atoms with E-state index in [1.54, 1.807) is 42.5 Å². The molecule has 0 bridgehead atoms. The molecule has 1 heterocycles. The Hall–Kier alpha value is -5.11. The van der Waals surface area contributed by atoms with Crippen LogP contribution in [0.15, 0.2) is 90.5 Å². The van der Waals surface area contributed by atoms with E-state index < -0.39 is 17.8 Å². The van der Waals surface area contributed by atoms with Gasteiger partial charge in [-0.25, -0.2) is 9.69 Å². The number of imide groups is 2. The third-order valence-corrected chi connectivity index (χ3v) is 6.14. The van der Waals surface area contributed by atoms with Crippen molar-refractivity contribution in [1.29, 1.82) is 0 Å². The van der Waals surface area contributed by atoms with Gasteiger partial charge in [0.2, 0.25) is 0 Å². The van der Waals surface area contributed by atoms with Crippen LogP contribution in [-0.4, -0.2) is 32.1 Å². The molecule has 0 aliphatic carbocycles. The number of nitrogens with zero attached hydrogens (tertiary/aromatic N) is 1. The number of nitrogens with one attached hydrogen (secondary N) is 1. The van der Waals surface area contributed by atoms with Crippen LogP contribution in [0.4, 0.5) is 10.5 Å². The first-order chi connectivity index (χ1) is 18.5. The van der Waals surface area contributed by atoms with E-state index in [1.807, 2.05) is 30.3 Å². The van der Waals surface area contributed by atoms with E-state index in [2.05, 4.69) is 17.4 Å². The number of hydrogen-bond acceptors (Lipinski definition) is 6. The fourth-order valence-corrected chi connectivity index (χ4v) is 4.17. The molecule has 0 radical (unpaired) electrons. The van der Waals surface area contributed by atoms with Gasteiger partial charge in [-0.3, -0.25) is 14.9 Å². The number of urea groups is 1. The van der Waals surface area contributed by atoms with Crippen molar-refractivity contribution in [3.05, 3.63) is 102 Å². The van der Waals surface area contributed by atoms with Gasteiger partial charge < -0.3 is 14.2 Å². The number of anilines is 1. The van der Waals surface area contributed by atoms with E-state index in [1.165, 1.54) is 20.3 Å². The number of ether oxygens (including phenoxy) is 3. The van der Waals surface area contributed by atoms with E-state index >= 15 is 0 Å². The lowest BCUT2D eigenvalue weighted by atomic mass is 10.1. The zero-order valence-electron chi connectivity index (χ0n) is 20.8. The first-order valence-corrected chi connectivity index (χ1v) is 11.8. The molecular formula is C30H24N2O6. The lowest BCUT2D eigenvalue weighted by molar-refractivity contribution is -0.122. The number of fused-ring (bicyclic) bond motifs is 1. The van der Waals surface area contributed by atoms with Gasteiger partial charge in [0.25, 0.3) is 11.8 Å². The lowest BCUT2D eigenvalue weighted by Crippen LogP contribution is -2.54. The maximum absolute atomic E-state index is 13.2. The number of amides is 4. The third-order valence-electron chi connectivity index (χ3n) is 6.14. The van der Waals surface area contributed by atoms with Gasteiger partial charge in [-0.1, -0.05) is 42.5 Å². The summed E-state index contributed by atoms with van der Waals surface area (Å²) in [5.41, 5.74) is 1.65. The Morgan fingerprint density at radius 2 is 1.55 bits per heavy atom. The van der Waals surface area contributed by atoms with E-state index in [0.717, 1.165) is 21.2 Å². The van der Waals surface area contributed by atoms with Gasteiger partial charge in [0.15, 0.2) is 11.5 Å². The highest BCUT2D eigenvalue weighted by Gasteiger charge is 2.36. The molecule has 4 aromatic carbocycles. The van der Waals surface area contributed by atoms with Gasteiger partial charge in [0.1, 0.15) is 17.9 Å². The van der Waals surface area contributed by atoms with Crippen LogP contribution in [0.3, 0.4) is 0 Å². The second-order valence-corrected chi connectivity index (χ2v) is 8.54. The molecule has 8 heteroatoms. The average molecular weight is 509 g/mol. The summed E-state index contributed by atoms with van der Waals surface area (Å²) in [5.74, 6) is 0.00418. The molecule has 0 spiro atoms. The Labute approximate surface area is 219 Å². The Morgan fingerprint density at radius 3 is 2.29 bits per heavy atom. The fraction of sp³-hybridized carbons (Fsp3) is 0.100. The summed E-state index contributed by atoms with van der Waals surface area (Å²) in [6.45, 7) is 0.335. The summed E-state index contributed by atoms with van der Waals surface area (Å²) >= 11 is 0. The first kappa shape index (κ1) is 24.6. The molecule has 1 N–H and O–H groups in total. The molecule has 0 aromatic heterocycles. The number of carbonyl (C=O) groups is 3. The van der Waals surface area contributed by atoms with Crippen molar-refractivity contribution in [2.24, 2.45) is 0 Å². The highest BCUT2D eigenvalue weighted by Crippen LogP contribution is 2.31. The van der Waals surface area contributed by atoms with Crippen LogP contribution in [0.5, 0.6) is 17.2 Å². The highest BCUT2D eigenvalue weighted by atomic mass is 16.5. The van der Waals surface area contributed by atoms with Gasteiger partial charge in [-0.15, -0.1) is 0 Å². The molecule has 1 aliphatic heterocycles. The third kappa shape index (κ3) is 4.92. The number of benzene rings is 4. The Bertz CT molecular complexity index is 1580. The molecule has 1 saturated heterocycles. The molecule has 38 heavy (non-hydrogen) atoms. The zero-order valence-corrected chi connectivity index (χ0v) is 20.8. The van der Waals surface area contributed by atoms with Crippen LogP contribution in [0.1, 0.15) is 11.1 Å². The molecule has 8 nitrogen and oxygen atoms in total. The molecule has 0 atom stereocenters. The van der Waals surface area contributed by atoms with Crippen LogP contribution in [0.2, 0.25) is 0 Å². The minimum absolute atomic E-state index is 0.188. The summed E-state index contributed by atoms with van der Waals surface area (Å²) in [7, 11) is 3.03. The first-order valence-electron chi connectivity index (χ1n) is 11.8. The summed E-state index contributed by atoms with van der Waals surface area (Å²) in [6.07, 6.45) is 1.41. The number of methoxy groups -OCH3 is 2. The predicted molar refractivity (Wildman–Crippen MR) is 143 cm³/mol. The summed E-state index contributed by atoms with van der Waals surface area (Å²) in [4.78, 5) is 39.1. The molecule has 4 aromatic rings. The smallest absolute Gasteiger partial charge is 0.335 e. The topological polar surface area (TPSA) is 94.2 Å². The molecule has 4 amide bonds. The number of rotatable bonds is 7. The van der Waals surface area contributed by atoms with Crippen LogP contribution >= 0.6 is 0 Å². The van der Waals surface area contributed by atoms with Crippen LogP contribution < -0.4 is 24.4 Å². The highest BCUT2D eigenvalue weighted by molar-refractivity contribution is 6.39. The normalized spacial score (nSPS) is 14.5. The van der Waals surface area contributed by atoms with Crippen LogP contribution in [-0.2, 0) is 16.2 Å². The minimum Gasteiger partial charge on any atom is -0.497 e. The number of carbonyl (C=O) groups excluding carboxylic acids is 3. The molecule has 0 saturated carbocycles. The SMILES string of the molecule is COc1ccc(N2C(=O)NC(=O)/C(=C\c3ccc(OCc4ccc5ccccc5c4)c(OC)c3)C2=O)cc1. The summed E-state index contributed by atoms with van der Waals surface area (Å²) in [5, 5.41) is 4.50. The largest absolute Gasteiger partial charge is 0.497 e. The van der Waals surface area contributed by atoms with Crippen LogP contribution in [0.25, 0.3) is 16.8 Å². The van der Waals surface area contributed by atoms with Crippen molar-refractivity contribution < 1.29 is 28.6 Å². The van der Waals surface area contributed by atoms with Gasteiger partial charge >= 0.3 is 6.03 Å². The Balaban J connectivity index is 1.37. The van der Waals surface area contributed by atoms with Crippen molar-refractivity contribution >= 4 is 40.4 Å². The van der Waals surface area contributed by atoms with Crippen molar-refractivity contribution in [3.8, 4) is 17.2 Å². The van der Waals surface area contributed by atoms with Crippen molar-refractivity contribution in [1.82, 2.24) is 5.32 Å². The summed E-state index contributed by atoms with van der Waals surface area (Å²) in [6, 6.07) is 24.9. The van der Waals surface area contributed by atoms with E-state index in [0.29, 0.717) is 35.1 Å². The minimum atomic E-state index is -0.822. The molecular weight excluding hydrogens is 484 g/mol. The fourth-order valence-electron chi connectivity index (χ4n) is 4.17. The standard InChI is InChI=1S/C30H24N2O6/c1-36-24-12-10-23(11-13-24)32-29(34)25(28(33)31-30(32)35)16-19-8-14-26(27(17-19)37-2)38-18-20-7-9-21-5-3-4-6-22(21)15-20/h3-17H,18H2,1-2H3,(H,31,33,35)/b25-16+. The van der Waals surface area contributed by atoms with E-state index in [9.17, 15) is 14.4 Å². The van der Waals surface area contributed by atoms with E-state index in [4.69, 9.17) is 14.2 Å². The molecule has 0 unspecified atom stereocenters. The summed E-state index contributed by atoms with van der Waals surface area (Å²) < 4.78 is 16.6. The van der Waals surface area contributed by atoms with Gasteiger partial charge in [0, 0.05) is 0 Å². The number of hydrogen-bond donors (Lipinski definition) is 1. The monoisotopic (exact) mass is 508 g/mol. The zero-order chi connectivity index (χ0) is 26.6. The second kappa shape index (κ2) is 10.5. The van der Waals surface area contributed by atoms with E-state index in [-0.39, 0.29) is 5.57 Å². The quantitative estimate of drug-likeness (QED) is 0.276. The van der Waals surface area contributed by atoms with Gasteiger partial charge in [-0.05, 0) is 70.4 Å².